The van der Waals surface area contributed by atoms with Crippen molar-refractivity contribution in [1.82, 2.24) is 19.9 Å². The van der Waals surface area contributed by atoms with Crippen LogP contribution in [0.1, 0.15) is 51.5 Å². The van der Waals surface area contributed by atoms with E-state index >= 15 is 0 Å². The summed E-state index contributed by atoms with van der Waals surface area (Å²) in [7, 11) is 0. The van der Waals surface area contributed by atoms with Crippen molar-refractivity contribution in [2.45, 2.75) is 57.5 Å². The summed E-state index contributed by atoms with van der Waals surface area (Å²) in [5.41, 5.74) is 2.31. The van der Waals surface area contributed by atoms with Crippen molar-refractivity contribution >= 4 is 35.2 Å². The van der Waals surface area contributed by atoms with Crippen molar-refractivity contribution in [2.75, 3.05) is 47.8 Å². The Morgan fingerprint density at radius 1 is 0.941 bits per heavy atom. The summed E-state index contributed by atoms with van der Waals surface area (Å²) in [6.07, 6.45) is 14.3. The lowest BCUT2D eigenvalue weighted by atomic mass is 9.80. The second kappa shape index (κ2) is 8.65. The largest absolute Gasteiger partial charge is 0.368 e. The Morgan fingerprint density at radius 3 is 2.50 bits per heavy atom. The predicted octanol–water partition coefficient (Wildman–Crippen LogP) is 4.09. The second-order valence-electron chi connectivity index (χ2n) is 10.2. The average Bonchev–Trinajstić information content (AvgIpc) is 3.23. The molecule has 0 aromatic carbocycles. The Labute approximate surface area is 201 Å². The van der Waals surface area contributed by atoms with Gasteiger partial charge in [0.05, 0.1) is 24.0 Å². The first kappa shape index (κ1) is 21.5. The SMILES string of the molecule is CC(C)N1CCN(c2ccc(Nc3ncc4c(n3)N3C(=NCC35CCCCC5)C=C4)nc2)CC1. The van der Waals surface area contributed by atoms with Gasteiger partial charge in [0.25, 0.3) is 0 Å². The molecule has 6 rings (SSSR count). The van der Waals surface area contributed by atoms with Gasteiger partial charge in [0.2, 0.25) is 5.95 Å². The molecule has 1 saturated carbocycles. The van der Waals surface area contributed by atoms with E-state index in [1.807, 2.05) is 18.5 Å². The van der Waals surface area contributed by atoms with Gasteiger partial charge in [0, 0.05) is 44.0 Å². The Balaban J connectivity index is 1.18. The topological polar surface area (TPSA) is 72.8 Å². The minimum Gasteiger partial charge on any atom is -0.368 e. The highest BCUT2D eigenvalue weighted by atomic mass is 15.4. The van der Waals surface area contributed by atoms with E-state index in [2.05, 4.69) is 62.1 Å². The number of rotatable bonds is 4. The fourth-order valence-electron chi connectivity index (χ4n) is 5.83. The van der Waals surface area contributed by atoms with Crippen LogP contribution in [0.25, 0.3) is 6.08 Å². The molecule has 5 heterocycles. The van der Waals surface area contributed by atoms with Crippen LogP contribution in [0.2, 0.25) is 0 Å². The maximum absolute atomic E-state index is 4.95. The Hall–Kier alpha value is -3.00. The number of fused-ring (bicyclic) bond motifs is 4. The molecule has 1 spiro atoms. The minimum absolute atomic E-state index is 0.0816. The van der Waals surface area contributed by atoms with Gasteiger partial charge in [-0.15, -0.1) is 0 Å². The Morgan fingerprint density at radius 2 is 1.76 bits per heavy atom. The Kier molecular flexibility index (Phi) is 5.48. The molecular formula is C26H34N8. The first-order valence-corrected chi connectivity index (χ1v) is 12.7. The van der Waals surface area contributed by atoms with Gasteiger partial charge in [-0.05, 0) is 51.0 Å². The molecule has 0 amide bonds. The van der Waals surface area contributed by atoms with Gasteiger partial charge in [-0.25, -0.2) is 9.97 Å². The zero-order chi connectivity index (χ0) is 23.1. The molecule has 4 aliphatic rings. The number of aliphatic imine (C=N–C) groups is 1. The molecule has 2 fully saturated rings. The van der Waals surface area contributed by atoms with Gasteiger partial charge in [0.1, 0.15) is 17.5 Å². The molecule has 8 heteroatoms. The van der Waals surface area contributed by atoms with Crippen molar-refractivity contribution in [3.8, 4) is 0 Å². The van der Waals surface area contributed by atoms with Crippen molar-refractivity contribution in [3.63, 3.8) is 0 Å². The molecule has 2 aromatic heterocycles. The fraction of sp³-hybridized carbons (Fsp3) is 0.538. The number of anilines is 4. The maximum atomic E-state index is 4.95. The van der Waals surface area contributed by atoms with Crippen LogP contribution < -0.4 is 15.1 Å². The van der Waals surface area contributed by atoms with E-state index in [-0.39, 0.29) is 5.54 Å². The molecule has 0 unspecified atom stereocenters. The zero-order valence-electron chi connectivity index (χ0n) is 20.2. The van der Waals surface area contributed by atoms with Gasteiger partial charge in [-0.1, -0.05) is 19.3 Å². The van der Waals surface area contributed by atoms with Gasteiger partial charge in [0.15, 0.2) is 0 Å². The van der Waals surface area contributed by atoms with Crippen LogP contribution in [-0.4, -0.2) is 70.0 Å². The van der Waals surface area contributed by atoms with Crippen molar-refractivity contribution in [1.29, 1.82) is 0 Å². The van der Waals surface area contributed by atoms with Crippen LogP contribution >= 0.6 is 0 Å². The lowest BCUT2D eigenvalue weighted by Gasteiger charge is -2.43. The molecule has 0 bridgehead atoms. The third kappa shape index (κ3) is 3.83. The van der Waals surface area contributed by atoms with Crippen LogP contribution in [0.15, 0.2) is 35.6 Å². The summed E-state index contributed by atoms with van der Waals surface area (Å²) in [6, 6.07) is 4.78. The summed E-state index contributed by atoms with van der Waals surface area (Å²) in [4.78, 5) is 26.4. The van der Waals surface area contributed by atoms with E-state index in [0.29, 0.717) is 12.0 Å². The number of hydrogen-bond donors (Lipinski definition) is 1. The number of amidine groups is 1. The molecule has 1 N–H and O–H groups in total. The summed E-state index contributed by atoms with van der Waals surface area (Å²) < 4.78 is 0. The number of nitrogens with one attached hydrogen (secondary N) is 1. The first-order valence-electron chi connectivity index (χ1n) is 12.7. The predicted molar refractivity (Wildman–Crippen MR) is 138 cm³/mol. The van der Waals surface area contributed by atoms with E-state index < -0.39 is 0 Å². The lowest BCUT2D eigenvalue weighted by Crippen LogP contribution is -2.52. The van der Waals surface area contributed by atoms with E-state index in [9.17, 15) is 0 Å². The van der Waals surface area contributed by atoms with E-state index in [4.69, 9.17) is 9.98 Å². The molecular weight excluding hydrogens is 424 g/mol. The summed E-state index contributed by atoms with van der Waals surface area (Å²) >= 11 is 0. The van der Waals surface area contributed by atoms with Gasteiger partial charge < -0.3 is 15.1 Å². The lowest BCUT2D eigenvalue weighted by molar-refractivity contribution is 0.209. The fourth-order valence-corrected chi connectivity index (χ4v) is 5.83. The van der Waals surface area contributed by atoms with Crippen LogP contribution in [0.5, 0.6) is 0 Å². The van der Waals surface area contributed by atoms with Crippen LogP contribution in [0.4, 0.5) is 23.3 Å². The molecule has 0 atom stereocenters. The van der Waals surface area contributed by atoms with Crippen LogP contribution in [0.3, 0.4) is 0 Å². The average molecular weight is 459 g/mol. The highest BCUT2D eigenvalue weighted by molar-refractivity contribution is 6.13. The molecule has 3 aliphatic heterocycles. The van der Waals surface area contributed by atoms with Crippen molar-refractivity contribution in [2.24, 2.45) is 4.99 Å². The second-order valence-corrected chi connectivity index (χ2v) is 10.2. The third-order valence-corrected chi connectivity index (χ3v) is 7.84. The highest BCUT2D eigenvalue weighted by Gasteiger charge is 2.46. The standard InChI is InChI=1S/C26H34N8/c1-19(2)32-12-14-33(15-13-32)21-7-8-22(27-17-21)30-25-28-16-20-6-9-23-29-18-26(10-4-3-5-11-26)34(23)24(20)31-25/h6-9,16-17,19H,3-5,10-15,18H2,1-2H3,(H,27,28,30,31). The highest BCUT2D eigenvalue weighted by Crippen LogP contribution is 2.43. The molecule has 178 valence electrons. The van der Waals surface area contributed by atoms with Crippen LogP contribution in [-0.2, 0) is 0 Å². The number of pyridine rings is 1. The summed E-state index contributed by atoms with van der Waals surface area (Å²) in [5.74, 6) is 3.35. The maximum Gasteiger partial charge on any atom is 0.230 e. The summed E-state index contributed by atoms with van der Waals surface area (Å²) in [5, 5.41) is 3.33. The normalized spacial score (nSPS) is 21.6. The van der Waals surface area contributed by atoms with E-state index in [0.717, 1.165) is 55.8 Å². The Bertz CT molecular complexity index is 1090. The van der Waals surface area contributed by atoms with Crippen LogP contribution in [0, 0.1) is 0 Å². The monoisotopic (exact) mass is 458 g/mol. The number of aromatic nitrogens is 3. The third-order valence-electron chi connectivity index (χ3n) is 7.84. The van der Waals surface area contributed by atoms with Gasteiger partial charge in [-0.2, -0.15) is 4.98 Å². The zero-order valence-corrected chi connectivity index (χ0v) is 20.2. The van der Waals surface area contributed by atoms with Gasteiger partial charge >= 0.3 is 0 Å². The number of hydrogen-bond acceptors (Lipinski definition) is 8. The van der Waals surface area contributed by atoms with Crippen molar-refractivity contribution < 1.29 is 0 Å². The molecule has 2 aromatic rings. The van der Waals surface area contributed by atoms with Gasteiger partial charge in [-0.3, -0.25) is 9.89 Å². The molecule has 1 aliphatic carbocycles. The molecule has 8 nitrogen and oxygen atoms in total. The molecule has 1 saturated heterocycles. The molecule has 0 radical (unpaired) electrons. The minimum atomic E-state index is 0.0816. The first-order chi connectivity index (χ1) is 16.6. The van der Waals surface area contributed by atoms with E-state index in [1.54, 1.807) is 0 Å². The quantitative estimate of drug-likeness (QED) is 0.740. The molecule has 34 heavy (non-hydrogen) atoms. The number of nitrogens with zero attached hydrogens (tertiary/aromatic N) is 7. The smallest absolute Gasteiger partial charge is 0.230 e. The van der Waals surface area contributed by atoms with E-state index in [1.165, 1.54) is 37.8 Å². The number of piperazine rings is 1. The van der Waals surface area contributed by atoms with Crippen molar-refractivity contribution in [3.05, 3.63) is 36.2 Å². The summed E-state index contributed by atoms with van der Waals surface area (Å²) in [6.45, 7) is 9.67.